The molecule has 0 amide bonds. The fraction of sp³-hybridized carbons (Fsp3) is 0.0400. The van der Waals surface area contributed by atoms with Crippen molar-refractivity contribution in [2.75, 3.05) is 7.11 Å². The van der Waals surface area contributed by atoms with E-state index in [-0.39, 0.29) is 0 Å². The van der Waals surface area contributed by atoms with Gasteiger partial charge in [0.2, 0.25) is 0 Å². The Morgan fingerprint density at radius 2 is 1.50 bits per heavy atom. The molecule has 2 heterocycles. The Labute approximate surface area is 166 Å². The van der Waals surface area contributed by atoms with Crippen LogP contribution in [0.25, 0.3) is 53.1 Å². The summed E-state index contributed by atoms with van der Waals surface area (Å²) in [5, 5.41) is 5.21. The van der Waals surface area contributed by atoms with E-state index in [0.717, 1.165) is 5.75 Å². The summed E-state index contributed by atoms with van der Waals surface area (Å²) in [6.07, 6.45) is 0. The predicted molar refractivity (Wildman–Crippen MR) is 121 cm³/mol. The molecule has 4 aromatic carbocycles. The van der Waals surface area contributed by atoms with Gasteiger partial charge in [0.05, 0.1) is 17.3 Å². The lowest BCUT2D eigenvalue weighted by molar-refractivity contribution is 0.415. The summed E-state index contributed by atoms with van der Waals surface area (Å²) in [7, 11) is 1.70. The minimum absolute atomic E-state index is 0.879. The number of benzene rings is 4. The Morgan fingerprint density at radius 3 is 2.36 bits per heavy atom. The van der Waals surface area contributed by atoms with Gasteiger partial charge in [0.15, 0.2) is 0 Å². The molecule has 3 heteroatoms. The van der Waals surface area contributed by atoms with Gasteiger partial charge >= 0.3 is 0 Å². The van der Waals surface area contributed by atoms with Gasteiger partial charge in [0.1, 0.15) is 5.75 Å². The molecule has 28 heavy (non-hydrogen) atoms. The van der Waals surface area contributed by atoms with Crippen molar-refractivity contribution in [1.82, 2.24) is 4.98 Å². The molecular formula is C25H17NOS. The van der Waals surface area contributed by atoms with Crippen LogP contribution in [0.5, 0.6) is 5.75 Å². The molecule has 2 aromatic heterocycles. The number of hydrogen-bond acceptors (Lipinski definition) is 2. The number of aromatic nitrogens is 1. The fourth-order valence-electron chi connectivity index (χ4n) is 4.11. The zero-order valence-electron chi connectivity index (χ0n) is 15.3. The van der Waals surface area contributed by atoms with E-state index in [2.05, 4.69) is 71.7 Å². The highest BCUT2D eigenvalue weighted by atomic mass is 32.1. The number of rotatable bonds is 2. The molecule has 0 aliphatic carbocycles. The first-order valence-electron chi connectivity index (χ1n) is 9.32. The lowest BCUT2D eigenvalue weighted by Gasteiger charge is -2.04. The van der Waals surface area contributed by atoms with Gasteiger partial charge in [-0.3, -0.25) is 0 Å². The third-order valence-electron chi connectivity index (χ3n) is 5.54. The van der Waals surface area contributed by atoms with Crippen molar-refractivity contribution in [2.45, 2.75) is 0 Å². The summed E-state index contributed by atoms with van der Waals surface area (Å²) in [6, 6.07) is 28.1. The lowest BCUT2D eigenvalue weighted by atomic mass is 10.0. The molecule has 0 aliphatic heterocycles. The highest BCUT2D eigenvalue weighted by Crippen LogP contribution is 2.40. The van der Waals surface area contributed by atoms with Gasteiger partial charge in [0.25, 0.3) is 0 Å². The maximum absolute atomic E-state index is 5.28. The van der Waals surface area contributed by atoms with Crippen LogP contribution in [0.2, 0.25) is 0 Å². The van der Waals surface area contributed by atoms with Gasteiger partial charge in [0, 0.05) is 31.8 Å². The zero-order chi connectivity index (χ0) is 18.7. The van der Waals surface area contributed by atoms with Crippen LogP contribution in [0.15, 0.2) is 78.9 Å². The van der Waals surface area contributed by atoms with Crippen LogP contribution >= 0.6 is 11.3 Å². The third-order valence-corrected chi connectivity index (χ3v) is 6.74. The molecule has 2 nitrogen and oxygen atoms in total. The number of H-pyrrole nitrogens is 1. The Balaban J connectivity index is 1.61. The number of methoxy groups -OCH3 is 1. The number of nitrogens with one attached hydrogen (secondary N) is 1. The van der Waals surface area contributed by atoms with Gasteiger partial charge in [-0.15, -0.1) is 11.3 Å². The van der Waals surface area contributed by atoms with E-state index in [1.54, 1.807) is 7.11 Å². The van der Waals surface area contributed by atoms with Gasteiger partial charge in [-0.1, -0.05) is 48.5 Å². The van der Waals surface area contributed by atoms with Crippen LogP contribution in [-0.4, -0.2) is 12.1 Å². The normalized spacial score (nSPS) is 11.8. The Kier molecular flexibility index (Phi) is 3.28. The molecule has 0 radical (unpaired) electrons. The first kappa shape index (κ1) is 15.7. The number of fused-ring (bicyclic) bond motifs is 7. The SMILES string of the molecule is COc1ccc(-c2ccc3[nH]c4c(ccc5c6ccccc6sc54)c3c2)cc1. The van der Waals surface area contributed by atoms with Gasteiger partial charge < -0.3 is 9.72 Å². The molecule has 0 saturated heterocycles. The first-order chi connectivity index (χ1) is 13.8. The molecule has 0 saturated carbocycles. The highest BCUT2D eigenvalue weighted by molar-refractivity contribution is 7.26. The lowest BCUT2D eigenvalue weighted by Crippen LogP contribution is -1.82. The maximum Gasteiger partial charge on any atom is 0.118 e. The molecule has 134 valence electrons. The van der Waals surface area contributed by atoms with Crippen LogP contribution in [0.4, 0.5) is 0 Å². The van der Waals surface area contributed by atoms with E-state index < -0.39 is 0 Å². The Bertz CT molecular complexity index is 1490. The number of aromatic amines is 1. The smallest absolute Gasteiger partial charge is 0.118 e. The van der Waals surface area contributed by atoms with Crippen molar-refractivity contribution >= 4 is 53.3 Å². The minimum atomic E-state index is 0.879. The fourth-order valence-corrected chi connectivity index (χ4v) is 5.32. The van der Waals surface area contributed by atoms with Gasteiger partial charge in [-0.05, 0) is 41.5 Å². The monoisotopic (exact) mass is 379 g/mol. The van der Waals surface area contributed by atoms with Crippen LogP contribution in [0.1, 0.15) is 0 Å². The molecule has 0 atom stereocenters. The van der Waals surface area contributed by atoms with E-state index >= 15 is 0 Å². The van der Waals surface area contributed by atoms with Crippen molar-refractivity contribution in [3.63, 3.8) is 0 Å². The van der Waals surface area contributed by atoms with Crippen LogP contribution in [-0.2, 0) is 0 Å². The predicted octanol–water partition coefficient (Wildman–Crippen LogP) is 7.36. The van der Waals surface area contributed by atoms with Crippen molar-refractivity contribution in [3.05, 3.63) is 78.9 Å². The second-order valence-corrected chi connectivity index (χ2v) is 8.13. The maximum atomic E-state index is 5.28. The molecule has 0 spiro atoms. The summed E-state index contributed by atoms with van der Waals surface area (Å²) in [6.45, 7) is 0. The molecule has 0 unspecified atom stereocenters. The summed E-state index contributed by atoms with van der Waals surface area (Å²) in [5.74, 6) is 0.879. The van der Waals surface area contributed by atoms with E-state index in [4.69, 9.17) is 4.74 Å². The first-order valence-corrected chi connectivity index (χ1v) is 10.1. The van der Waals surface area contributed by atoms with Crippen molar-refractivity contribution in [1.29, 1.82) is 0 Å². The molecule has 1 N–H and O–H groups in total. The van der Waals surface area contributed by atoms with Crippen LogP contribution in [0.3, 0.4) is 0 Å². The second kappa shape index (κ2) is 5.85. The molecule has 0 aliphatic rings. The largest absolute Gasteiger partial charge is 0.497 e. The van der Waals surface area contributed by atoms with Crippen molar-refractivity contribution in [3.8, 4) is 16.9 Å². The van der Waals surface area contributed by atoms with Crippen LogP contribution < -0.4 is 4.74 Å². The number of hydrogen-bond donors (Lipinski definition) is 1. The topological polar surface area (TPSA) is 25.0 Å². The van der Waals surface area contributed by atoms with Crippen molar-refractivity contribution < 1.29 is 4.74 Å². The summed E-state index contributed by atoms with van der Waals surface area (Å²) in [5.41, 5.74) is 4.82. The van der Waals surface area contributed by atoms with E-state index in [9.17, 15) is 0 Å². The molecule has 0 fully saturated rings. The quantitative estimate of drug-likeness (QED) is 0.334. The standard InChI is InChI=1S/C25H17NOS/c1-27-17-9-6-15(7-10-17)16-8-13-22-21(14-16)19-11-12-20-18-4-2-3-5-23(18)28-25(20)24(19)26-22/h2-14,26H,1H3. The van der Waals surface area contributed by atoms with E-state index in [1.165, 1.54) is 53.1 Å². The number of thiophene rings is 1. The average Bonchev–Trinajstić information content (AvgIpc) is 3.31. The summed E-state index contributed by atoms with van der Waals surface area (Å²) in [4.78, 5) is 3.67. The Morgan fingerprint density at radius 1 is 0.714 bits per heavy atom. The highest BCUT2D eigenvalue weighted by Gasteiger charge is 2.12. The third kappa shape index (κ3) is 2.20. The number of ether oxygens (including phenoxy) is 1. The summed E-state index contributed by atoms with van der Waals surface area (Å²) >= 11 is 1.87. The molecule has 6 rings (SSSR count). The van der Waals surface area contributed by atoms with Gasteiger partial charge in [-0.2, -0.15) is 0 Å². The van der Waals surface area contributed by atoms with Crippen LogP contribution in [0, 0.1) is 0 Å². The molecule has 0 bridgehead atoms. The van der Waals surface area contributed by atoms with E-state index in [0.29, 0.717) is 0 Å². The van der Waals surface area contributed by atoms with E-state index in [1.807, 2.05) is 23.5 Å². The molecular weight excluding hydrogens is 362 g/mol. The average molecular weight is 379 g/mol. The minimum Gasteiger partial charge on any atom is -0.497 e. The molecule has 6 aromatic rings. The summed E-state index contributed by atoms with van der Waals surface area (Å²) < 4.78 is 7.95. The zero-order valence-corrected chi connectivity index (χ0v) is 16.1. The Hall–Kier alpha value is -3.30. The van der Waals surface area contributed by atoms with Crippen molar-refractivity contribution in [2.24, 2.45) is 0 Å². The second-order valence-electron chi connectivity index (χ2n) is 7.08. The van der Waals surface area contributed by atoms with Gasteiger partial charge in [-0.25, -0.2) is 0 Å².